The second-order valence-corrected chi connectivity index (χ2v) is 10.1. The smallest absolute Gasteiger partial charge is 0.265 e. The largest absolute Gasteiger partial charge is 0.440 e. The first-order chi connectivity index (χ1) is 16.9. The second kappa shape index (κ2) is 8.26. The molecule has 1 saturated heterocycles. The Bertz CT molecular complexity index is 1520. The predicted octanol–water partition coefficient (Wildman–Crippen LogP) is 4.74. The van der Waals surface area contributed by atoms with Crippen molar-refractivity contribution in [1.29, 1.82) is 0 Å². The number of aromatic nitrogens is 2. The Morgan fingerprint density at radius 3 is 2.51 bits per heavy atom. The Morgan fingerprint density at radius 2 is 1.83 bits per heavy atom. The number of aryl methyl sites for hydroxylation is 2. The van der Waals surface area contributed by atoms with Gasteiger partial charge in [-0.1, -0.05) is 18.6 Å². The molecule has 2 aliphatic rings. The minimum atomic E-state index is -0.673. The lowest BCUT2D eigenvalue weighted by Gasteiger charge is -2.34. The average Bonchev–Trinajstić information content (AvgIpc) is 3.23. The van der Waals surface area contributed by atoms with Crippen molar-refractivity contribution < 1.29 is 9.21 Å². The van der Waals surface area contributed by atoms with E-state index in [4.69, 9.17) is 15.1 Å². The summed E-state index contributed by atoms with van der Waals surface area (Å²) in [6.07, 6.45) is 5.26. The number of rotatable bonds is 4. The highest BCUT2D eigenvalue weighted by molar-refractivity contribution is 6.07. The van der Waals surface area contributed by atoms with E-state index in [9.17, 15) is 9.59 Å². The third-order valence-corrected chi connectivity index (χ3v) is 7.94. The number of nitrogens with zero attached hydrogens (tertiary/aromatic N) is 3. The van der Waals surface area contributed by atoms with Gasteiger partial charge in [0.2, 0.25) is 0 Å². The summed E-state index contributed by atoms with van der Waals surface area (Å²) in [5.74, 6) is 0.837. The second-order valence-electron chi connectivity index (χ2n) is 10.1. The van der Waals surface area contributed by atoms with Crippen LogP contribution in [0.3, 0.4) is 0 Å². The molecule has 1 saturated carbocycles. The fourth-order valence-corrected chi connectivity index (χ4v) is 5.67. The number of anilines is 1. The molecule has 0 spiro atoms. The van der Waals surface area contributed by atoms with Gasteiger partial charge in [0.15, 0.2) is 11.5 Å². The van der Waals surface area contributed by atoms with Crippen LogP contribution in [-0.4, -0.2) is 28.5 Å². The van der Waals surface area contributed by atoms with Gasteiger partial charge in [-0.2, -0.15) is 0 Å². The number of fused-ring (bicyclic) bond motifs is 2. The number of primary amides is 1. The Labute approximate surface area is 203 Å². The van der Waals surface area contributed by atoms with Gasteiger partial charge in [0.1, 0.15) is 11.1 Å². The van der Waals surface area contributed by atoms with Crippen molar-refractivity contribution in [2.24, 2.45) is 12.8 Å². The third-order valence-electron chi connectivity index (χ3n) is 7.94. The van der Waals surface area contributed by atoms with Gasteiger partial charge in [0, 0.05) is 31.4 Å². The number of hydrogen-bond acceptors (Lipinski definition) is 5. The number of nitrogens with two attached hydrogens (primary N) is 1. The predicted molar refractivity (Wildman–Crippen MR) is 137 cm³/mol. The Morgan fingerprint density at radius 1 is 1.06 bits per heavy atom. The van der Waals surface area contributed by atoms with Gasteiger partial charge in [-0.05, 0) is 73.9 Å². The van der Waals surface area contributed by atoms with E-state index < -0.39 is 5.91 Å². The van der Waals surface area contributed by atoms with E-state index in [1.54, 1.807) is 11.6 Å². The lowest BCUT2D eigenvalue weighted by Crippen LogP contribution is -2.38. The van der Waals surface area contributed by atoms with Crippen LogP contribution in [0.2, 0.25) is 0 Å². The highest BCUT2D eigenvalue weighted by Crippen LogP contribution is 2.40. The van der Waals surface area contributed by atoms with E-state index in [1.807, 2.05) is 31.2 Å². The van der Waals surface area contributed by atoms with Crippen LogP contribution in [0.15, 0.2) is 45.6 Å². The van der Waals surface area contributed by atoms with Gasteiger partial charge in [-0.3, -0.25) is 9.59 Å². The number of carbonyl (C=O) groups excluding carboxylic acids is 1. The van der Waals surface area contributed by atoms with Crippen molar-refractivity contribution in [2.45, 2.75) is 50.9 Å². The molecule has 0 unspecified atom stereocenters. The van der Waals surface area contributed by atoms with Gasteiger partial charge in [0.25, 0.3) is 11.5 Å². The molecule has 0 bridgehead atoms. The molecule has 2 aromatic heterocycles. The van der Waals surface area contributed by atoms with Gasteiger partial charge in [-0.25, -0.2) is 4.98 Å². The monoisotopic (exact) mass is 470 g/mol. The molecule has 6 rings (SSSR count). The van der Waals surface area contributed by atoms with Crippen molar-refractivity contribution in [3.63, 3.8) is 0 Å². The molecule has 35 heavy (non-hydrogen) atoms. The molecule has 7 heteroatoms. The zero-order valence-electron chi connectivity index (χ0n) is 20.2. The molecule has 3 heterocycles. The minimum absolute atomic E-state index is 0.0848. The van der Waals surface area contributed by atoms with Gasteiger partial charge in [0.05, 0.1) is 11.2 Å². The highest BCUT2D eigenvalue weighted by atomic mass is 16.3. The maximum absolute atomic E-state index is 13.2. The van der Waals surface area contributed by atoms with E-state index in [-0.39, 0.29) is 17.0 Å². The van der Waals surface area contributed by atoms with Crippen LogP contribution in [-0.2, 0) is 7.05 Å². The molecule has 2 fully saturated rings. The van der Waals surface area contributed by atoms with E-state index >= 15 is 0 Å². The molecule has 180 valence electrons. The van der Waals surface area contributed by atoms with Crippen LogP contribution in [0.5, 0.6) is 0 Å². The summed E-state index contributed by atoms with van der Waals surface area (Å²) in [6, 6.07) is 12.4. The highest BCUT2D eigenvalue weighted by Gasteiger charge is 2.30. The maximum atomic E-state index is 13.2. The Kier molecular flexibility index (Phi) is 5.16. The first-order valence-corrected chi connectivity index (χ1v) is 12.5. The number of pyridine rings is 1. The maximum Gasteiger partial charge on any atom is 0.265 e. The SMILES string of the molecule is Cc1ccc2oc(C3CCN(c4c(C(N)=O)c(=O)n(C)c5ccc(C6CCC6)cc45)CC3)nc2c1. The molecular formula is C28H30N4O3. The zero-order chi connectivity index (χ0) is 24.3. The molecule has 0 atom stereocenters. The summed E-state index contributed by atoms with van der Waals surface area (Å²) < 4.78 is 7.63. The number of benzene rings is 2. The van der Waals surface area contributed by atoms with Crippen LogP contribution in [0.1, 0.15) is 71.3 Å². The van der Waals surface area contributed by atoms with Crippen molar-refractivity contribution in [1.82, 2.24) is 9.55 Å². The van der Waals surface area contributed by atoms with Gasteiger partial charge >= 0.3 is 0 Å². The van der Waals surface area contributed by atoms with Crippen molar-refractivity contribution in [3.8, 4) is 0 Å². The lowest BCUT2D eigenvalue weighted by molar-refractivity contribution is 0.0999. The van der Waals surface area contributed by atoms with Crippen molar-refractivity contribution in [3.05, 3.63) is 69.3 Å². The molecule has 4 aromatic rings. The van der Waals surface area contributed by atoms with E-state index in [1.165, 1.54) is 24.8 Å². The number of hydrogen-bond donors (Lipinski definition) is 1. The molecule has 2 N–H and O–H groups in total. The number of carbonyl (C=O) groups is 1. The quantitative estimate of drug-likeness (QED) is 0.465. The first kappa shape index (κ1) is 21.9. The molecule has 2 aromatic carbocycles. The van der Waals surface area contributed by atoms with E-state index in [0.717, 1.165) is 46.3 Å². The normalized spacial score (nSPS) is 17.3. The van der Waals surface area contributed by atoms with Gasteiger partial charge < -0.3 is 19.6 Å². The summed E-state index contributed by atoms with van der Waals surface area (Å²) in [6.45, 7) is 3.44. The molecule has 0 radical (unpaired) electrons. The molecule has 1 amide bonds. The fraction of sp³-hybridized carbons (Fsp3) is 0.393. The van der Waals surface area contributed by atoms with E-state index in [2.05, 4.69) is 17.0 Å². The Balaban J connectivity index is 1.38. The molecule has 1 aliphatic carbocycles. The van der Waals surface area contributed by atoms with Crippen LogP contribution in [0.4, 0.5) is 5.69 Å². The number of amides is 1. The molecule has 7 nitrogen and oxygen atoms in total. The van der Waals surface area contributed by atoms with Crippen LogP contribution in [0, 0.1) is 6.92 Å². The fourth-order valence-electron chi connectivity index (χ4n) is 5.67. The standard InChI is InChI=1S/C28H30N4O3/c1-16-6-9-23-21(14-16)30-27(35-23)18-10-12-32(13-11-18)25-20-15-19(17-4-3-5-17)7-8-22(20)31(2)28(34)24(25)26(29)33/h6-9,14-15,17-18H,3-5,10-13H2,1-2H3,(H2,29,33). The van der Waals surface area contributed by atoms with Crippen LogP contribution in [0.25, 0.3) is 22.0 Å². The summed E-state index contributed by atoms with van der Waals surface area (Å²) in [4.78, 5) is 32.6. The molecule has 1 aliphatic heterocycles. The summed E-state index contributed by atoms with van der Waals surface area (Å²) >= 11 is 0. The molecular weight excluding hydrogens is 440 g/mol. The topological polar surface area (TPSA) is 94.4 Å². The minimum Gasteiger partial charge on any atom is -0.440 e. The Hall–Kier alpha value is -3.61. The zero-order valence-corrected chi connectivity index (χ0v) is 20.2. The van der Waals surface area contributed by atoms with E-state index in [0.29, 0.717) is 24.7 Å². The summed E-state index contributed by atoms with van der Waals surface area (Å²) in [5.41, 5.74) is 11.2. The van der Waals surface area contributed by atoms with Crippen molar-refractivity contribution >= 4 is 33.6 Å². The summed E-state index contributed by atoms with van der Waals surface area (Å²) in [5, 5.41) is 0.932. The lowest BCUT2D eigenvalue weighted by atomic mass is 9.79. The number of oxazole rings is 1. The third kappa shape index (κ3) is 3.61. The summed E-state index contributed by atoms with van der Waals surface area (Å²) in [7, 11) is 1.71. The average molecular weight is 471 g/mol. The van der Waals surface area contributed by atoms with Crippen LogP contribution >= 0.6 is 0 Å². The first-order valence-electron chi connectivity index (χ1n) is 12.5. The van der Waals surface area contributed by atoms with Crippen LogP contribution < -0.4 is 16.2 Å². The number of piperidine rings is 1. The van der Waals surface area contributed by atoms with Crippen molar-refractivity contribution in [2.75, 3.05) is 18.0 Å². The van der Waals surface area contributed by atoms with Gasteiger partial charge in [-0.15, -0.1) is 0 Å².